The molecule has 6 heteroatoms. The Balaban J connectivity index is 1.55. The number of carbonyl (C=O) groups is 2. The molecule has 2 saturated heterocycles. The van der Waals surface area contributed by atoms with E-state index < -0.39 is 6.04 Å². The van der Waals surface area contributed by atoms with Gasteiger partial charge in [0.2, 0.25) is 11.8 Å². The molecular formula is C26H39N3O3. The summed E-state index contributed by atoms with van der Waals surface area (Å²) in [5.74, 6) is 1.45. The highest BCUT2D eigenvalue weighted by atomic mass is 16.3. The van der Waals surface area contributed by atoms with Crippen LogP contribution in [0.3, 0.4) is 0 Å². The van der Waals surface area contributed by atoms with E-state index in [0.29, 0.717) is 37.1 Å². The maximum absolute atomic E-state index is 12.6. The van der Waals surface area contributed by atoms with Crippen LogP contribution in [0.5, 0.6) is 5.75 Å². The fourth-order valence-corrected chi connectivity index (χ4v) is 5.99. The van der Waals surface area contributed by atoms with Crippen molar-refractivity contribution < 1.29 is 14.7 Å². The smallest absolute Gasteiger partial charge is 0.242 e. The lowest BCUT2D eigenvalue weighted by Gasteiger charge is -2.52. The average Bonchev–Trinajstić information content (AvgIpc) is 3.50. The molecule has 0 aromatic heterocycles. The van der Waals surface area contributed by atoms with Crippen LogP contribution < -0.4 is 10.6 Å². The van der Waals surface area contributed by atoms with Gasteiger partial charge in [0, 0.05) is 31.0 Å². The van der Waals surface area contributed by atoms with E-state index in [1.54, 1.807) is 6.07 Å². The molecule has 0 spiro atoms. The van der Waals surface area contributed by atoms with E-state index in [2.05, 4.69) is 42.4 Å². The molecule has 1 aromatic carbocycles. The van der Waals surface area contributed by atoms with Gasteiger partial charge in [-0.2, -0.15) is 0 Å². The van der Waals surface area contributed by atoms with Gasteiger partial charge >= 0.3 is 0 Å². The lowest BCUT2D eigenvalue weighted by Crippen LogP contribution is -2.56. The van der Waals surface area contributed by atoms with E-state index in [-0.39, 0.29) is 17.2 Å². The number of aryl methyl sites for hydroxylation is 1. The highest BCUT2D eigenvalue weighted by Crippen LogP contribution is 2.48. The zero-order valence-electron chi connectivity index (χ0n) is 19.8. The second kappa shape index (κ2) is 9.42. The Bertz CT molecular complexity index is 853. The Morgan fingerprint density at radius 2 is 2.06 bits per heavy atom. The van der Waals surface area contributed by atoms with Crippen LogP contribution in [0, 0.1) is 11.8 Å². The first-order valence-corrected chi connectivity index (χ1v) is 12.5. The quantitative estimate of drug-likeness (QED) is 0.579. The van der Waals surface area contributed by atoms with Crippen LogP contribution >= 0.6 is 0 Å². The molecule has 3 N–H and O–H groups in total. The average molecular weight is 442 g/mol. The molecule has 3 fully saturated rings. The van der Waals surface area contributed by atoms with E-state index in [1.165, 1.54) is 30.5 Å². The number of benzene rings is 1. The van der Waals surface area contributed by atoms with Crippen molar-refractivity contribution in [3.05, 3.63) is 29.3 Å². The number of rotatable bonds is 8. The number of phenols is 1. The molecule has 1 aromatic rings. The number of hydrogen-bond donors (Lipinski definition) is 3. The fraction of sp³-hybridized carbons (Fsp3) is 0.692. The minimum absolute atomic E-state index is 0.0422. The van der Waals surface area contributed by atoms with Gasteiger partial charge in [-0.3, -0.25) is 9.59 Å². The molecule has 4 atom stereocenters. The monoisotopic (exact) mass is 441 g/mol. The van der Waals surface area contributed by atoms with Crippen molar-refractivity contribution in [3.8, 4) is 5.75 Å². The zero-order chi connectivity index (χ0) is 22.9. The standard InChI is InChI=1S/C26H39N3O3/c1-4-20-7-8-21(30)15-22(20)26(11-13-27-25(32)23-9-10-24(31)28-23)12-14-29(16-19-5-6-19)18(3)17(26)2/h7-8,15,17-19,23,30H,4-6,9-14,16H2,1-3H3,(H,27,32)(H,28,31)/t17-,18?,23?,26?/m0/s1. The molecule has 3 aliphatic rings. The first-order chi connectivity index (χ1) is 15.3. The van der Waals surface area contributed by atoms with Gasteiger partial charge < -0.3 is 20.6 Å². The van der Waals surface area contributed by atoms with Gasteiger partial charge in [0.05, 0.1) is 0 Å². The van der Waals surface area contributed by atoms with Gasteiger partial charge in [-0.15, -0.1) is 0 Å². The molecule has 32 heavy (non-hydrogen) atoms. The van der Waals surface area contributed by atoms with Crippen molar-refractivity contribution >= 4 is 11.8 Å². The number of amides is 2. The summed E-state index contributed by atoms with van der Waals surface area (Å²) in [5, 5.41) is 16.2. The van der Waals surface area contributed by atoms with Crippen LogP contribution in [0.25, 0.3) is 0 Å². The SMILES string of the molecule is CCc1ccc(O)cc1C1(CCNC(=O)C2CCC(=O)N2)CCN(CC2CC2)C(C)[C@@H]1C. The summed E-state index contributed by atoms with van der Waals surface area (Å²) in [6, 6.07) is 5.87. The molecule has 6 nitrogen and oxygen atoms in total. The van der Waals surface area contributed by atoms with Crippen LogP contribution in [0.1, 0.15) is 70.4 Å². The lowest BCUT2D eigenvalue weighted by atomic mass is 9.61. The van der Waals surface area contributed by atoms with E-state index in [1.807, 2.05) is 6.07 Å². The summed E-state index contributed by atoms with van der Waals surface area (Å²) in [5.41, 5.74) is 2.43. The van der Waals surface area contributed by atoms with Gasteiger partial charge in [-0.05, 0) is 87.1 Å². The minimum Gasteiger partial charge on any atom is -0.508 e. The third-order valence-electron chi connectivity index (χ3n) is 8.40. The highest BCUT2D eigenvalue weighted by molar-refractivity contribution is 5.90. The first-order valence-electron chi connectivity index (χ1n) is 12.5. The van der Waals surface area contributed by atoms with E-state index in [4.69, 9.17) is 0 Å². The largest absolute Gasteiger partial charge is 0.508 e. The Morgan fingerprint density at radius 1 is 1.28 bits per heavy atom. The number of likely N-dealkylation sites (tertiary alicyclic amines) is 1. The summed E-state index contributed by atoms with van der Waals surface area (Å²) in [6.07, 6.45) is 6.50. The van der Waals surface area contributed by atoms with E-state index >= 15 is 0 Å². The van der Waals surface area contributed by atoms with Gasteiger partial charge in [0.15, 0.2) is 0 Å². The second-order valence-electron chi connectivity index (χ2n) is 10.3. The summed E-state index contributed by atoms with van der Waals surface area (Å²) >= 11 is 0. The number of hydrogen-bond acceptors (Lipinski definition) is 4. The summed E-state index contributed by atoms with van der Waals surface area (Å²) in [7, 11) is 0. The minimum atomic E-state index is -0.401. The third kappa shape index (κ3) is 4.66. The van der Waals surface area contributed by atoms with Crippen molar-refractivity contribution in [2.24, 2.45) is 11.8 Å². The molecule has 2 aliphatic heterocycles. The number of carbonyl (C=O) groups excluding carboxylic acids is 2. The predicted octanol–water partition coefficient (Wildman–Crippen LogP) is 3.12. The van der Waals surface area contributed by atoms with Gasteiger partial charge in [0.25, 0.3) is 0 Å². The van der Waals surface area contributed by atoms with Gasteiger partial charge in [0.1, 0.15) is 11.8 Å². The van der Waals surface area contributed by atoms with Crippen molar-refractivity contribution in [2.75, 3.05) is 19.6 Å². The van der Waals surface area contributed by atoms with Crippen molar-refractivity contribution in [1.29, 1.82) is 0 Å². The maximum Gasteiger partial charge on any atom is 0.242 e. The number of nitrogens with one attached hydrogen (secondary N) is 2. The predicted molar refractivity (Wildman–Crippen MR) is 125 cm³/mol. The Labute approximate surface area is 192 Å². The number of piperidine rings is 1. The van der Waals surface area contributed by atoms with Crippen molar-refractivity contribution in [1.82, 2.24) is 15.5 Å². The topological polar surface area (TPSA) is 81.7 Å². The molecule has 0 radical (unpaired) electrons. The highest BCUT2D eigenvalue weighted by Gasteiger charge is 2.47. The Morgan fingerprint density at radius 3 is 2.72 bits per heavy atom. The van der Waals surface area contributed by atoms with Crippen molar-refractivity contribution in [2.45, 2.75) is 83.2 Å². The van der Waals surface area contributed by atoms with Gasteiger partial charge in [-0.1, -0.05) is 19.9 Å². The molecule has 4 rings (SSSR count). The Kier molecular flexibility index (Phi) is 6.80. The Hall–Kier alpha value is -2.08. The maximum atomic E-state index is 12.6. The van der Waals surface area contributed by atoms with Crippen LogP contribution in [0.4, 0.5) is 0 Å². The number of nitrogens with zero attached hydrogens (tertiary/aromatic N) is 1. The fourth-order valence-electron chi connectivity index (χ4n) is 5.99. The van der Waals surface area contributed by atoms with E-state index in [9.17, 15) is 14.7 Å². The second-order valence-corrected chi connectivity index (χ2v) is 10.3. The number of aromatic hydroxyl groups is 1. The van der Waals surface area contributed by atoms with E-state index in [0.717, 1.165) is 31.7 Å². The molecule has 2 heterocycles. The van der Waals surface area contributed by atoms with Crippen molar-refractivity contribution in [3.63, 3.8) is 0 Å². The molecule has 2 amide bonds. The molecule has 1 saturated carbocycles. The van der Waals surface area contributed by atoms with Crippen LogP contribution in [0.2, 0.25) is 0 Å². The summed E-state index contributed by atoms with van der Waals surface area (Å²) < 4.78 is 0. The molecule has 0 bridgehead atoms. The lowest BCUT2D eigenvalue weighted by molar-refractivity contribution is -0.125. The van der Waals surface area contributed by atoms with Crippen LogP contribution in [0.15, 0.2) is 18.2 Å². The summed E-state index contributed by atoms with van der Waals surface area (Å²) in [4.78, 5) is 26.7. The third-order valence-corrected chi connectivity index (χ3v) is 8.40. The first kappa shape index (κ1) is 23.1. The van der Waals surface area contributed by atoms with Gasteiger partial charge in [-0.25, -0.2) is 0 Å². The molecule has 1 aliphatic carbocycles. The molecule has 176 valence electrons. The summed E-state index contributed by atoms with van der Waals surface area (Å²) in [6.45, 7) is 9.69. The van der Waals surface area contributed by atoms with Crippen LogP contribution in [-0.2, 0) is 21.4 Å². The molecular weight excluding hydrogens is 402 g/mol. The van der Waals surface area contributed by atoms with Crippen LogP contribution in [-0.4, -0.2) is 53.5 Å². The number of phenolic OH excluding ortho intramolecular Hbond substituents is 1. The zero-order valence-corrected chi connectivity index (χ0v) is 19.8. The molecule has 3 unspecified atom stereocenters. The normalized spacial score (nSPS) is 30.8.